The van der Waals surface area contributed by atoms with Gasteiger partial charge in [-0.05, 0) is 18.2 Å². The number of carboxylic acid groups (broad SMARTS) is 1. The number of carboxylic acids is 1. The first-order valence-corrected chi connectivity index (χ1v) is 9.87. The summed E-state index contributed by atoms with van der Waals surface area (Å²) < 4.78 is 44.5. The highest BCUT2D eigenvalue weighted by Gasteiger charge is 2.43. The Morgan fingerprint density at radius 1 is 1.24 bits per heavy atom. The fourth-order valence-electron chi connectivity index (χ4n) is 3.39. The number of amides is 1. The molecular weight excluding hydrogens is 465 g/mol. The highest BCUT2D eigenvalue weighted by atomic mass is 19.4. The van der Waals surface area contributed by atoms with Gasteiger partial charge in [0.25, 0.3) is 0 Å². The van der Waals surface area contributed by atoms with E-state index in [0.29, 0.717) is 5.56 Å². The van der Waals surface area contributed by atoms with E-state index in [-0.39, 0.29) is 12.2 Å². The van der Waals surface area contributed by atoms with E-state index in [1.807, 2.05) is 0 Å². The second-order valence-electron chi connectivity index (χ2n) is 7.59. The molecule has 0 radical (unpaired) electrons. The van der Waals surface area contributed by atoms with Gasteiger partial charge in [-0.15, -0.1) is 5.10 Å². The molecule has 1 aromatic heterocycles. The first kappa shape index (κ1) is 25.1. The van der Waals surface area contributed by atoms with Crippen molar-refractivity contribution in [3.05, 3.63) is 47.9 Å². The standard InChI is InChI=1S/C20H21F3N4O7/c1-9(28)24-16-13(29)6-15(19(32)33)34-18(16)17(31)14(30)8-27-7-12(25-26-27)10-2-4-11(5-3-10)20(21,22)23/h2-7,13-14,16-18,29-31H,8H2,1H3,(H,24,28)(H,32,33)/t13-,14+,16+,17+,18+/m0/s1. The normalized spacial score (nSPS) is 22.3. The molecule has 5 N–H and O–H groups in total. The van der Waals surface area contributed by atoms with Crippen LogP contribution in [0.3, 0.4) is 0 Å². The minimum absolute atomic E-state index is 0.201. The molecule has 5 atom stereocenters. The molecule has 14 heteroatoms. The summed E-state index contributed by atoms with van der Waals surface area (Å²) >= 11 is 0. The van der Waals surface area contributed by atoms with E-state index in [4.69, 9.17) is 9.84 Å². The second-order valence-corrected chi connectivity index (χ2v) is 7.59. The van der Waals surface area contributed by atoms with E-state index in [1.54, 1.807) is 0 Å². The minimum Gasteiger partial charge on any atom is -0.478 e. The number of aromatic nitrogens is 3. The van der Waals surface area contributed by atoms with Crippen LogP contribution in [0.15, 0.2) is 42.3 Å². The lowest BCUT2D eigenvalue weighted by atomic mass is 9.93. The van der Waals surface area contributed by atoms with Gasteiger partial charge < -0.3 is 30.5 Å². The van der Waals surface area contributed by atoms with Crippen molar-refractivity contribution >= 4 is 11.9 Å². The summed E-state index contributed by atoms with van der Waals surface area (Å²) in [6, 6.07) is 2.92. The molecule has 1 amide bonds. The maximum atomic E-state index is 12.7. The second kappa shape index (κ2) is 9.79. The van der Waals surface area contributed by atoms with Crippen LogP contribution >= 0.6 is 0 Å². The van der Waals surface area contributed by atoms with E-state index in [9.17, 15) is 38.1 Å². The number of nitrogens with zero attached hydrogens (tertiary/aromatic N) is 3. The summed E-state index contributed by atoms with van der Waals surface area (Å²) in [5.41, 5.74) is -0.303. The van der Waals surface area contributed by atoms with E-state index < -0.39 is 59.8 Å². The number of benzene rings is 1. The van der Waals surface area contributed by atoms with Crippen LogP contribution < -0.4 is 5.32 Å². The van der Waals surface area contributed by atoms with Crippen molar-refractivity contribution < 1.29 is 47.9 Å². The van der Waals surface area contributed by atoms with Gasteiger partial charge in [-0.25, -0.2) is 9.48 Å². The van der Waals surface area contributed by atoms with E-state index >= 15 is 0 Å². The molecule has 0 spiro atoms. The van der Waals surface area contributed by atoms with Gasteiger partial charge in [0.1, 0.15) is 24.0 Å². The van der Waals surface area contributed by atoms with Crippen molar-refractivity contribution in [2.45, 2.75) is 50.1 Å². The summed E-state index contributed by atoms with van der Waals surface area (Å²) in [4.78, 5) is 22.7. The van der Waals surface area contributed by atoms with Gasteiger partial charge >= 0.3 is 12.1 Å². The molecule has 0 aliphatic carbocycles. The summed E-state index contributed by atoms with van der Waals surface area (Å²) in [5.74, 6) is -2.79. The van der Waals surface area contributed by atoms with Gasteiger partial charge in [0.15, 0.2) is 6.10 Å². The lowest BCUT2D eigenvalue weighted by Gasteiger charge is -2.38. The first-order chi connectivity index (χ1) is 15.9. The monoisotopic (exact) mass is 486 g/mol. The zero-order chi connectivity index (χ0) is 25.2. The van der Waals surface area contributed by atoms with Gasteiger partial charge in [0.05, 0.1) is 24.3 Å². The predicted molar refractivity (Wildman–Crippen MR) is 107 cm³/mol. The largest absolute Gasteiger partial charge is 0.478 e. The van der Waals surface area contributed by atoms with Crippen LogP contribution in [-0.4, -0.2) is 77.8 Å². The molecule has 0 saturated heterocycles. The summed E-state index contributed by atoms with van der Waals surface area (Å²) in [5, 5.41) is 50.4. The number of ether oxygens (including phenoxy) is 1. The number of alkyl halides is 3. The van der Waals surface area contributed by atoms with Crippen LogP contribution in [0.4, 0.5) is 13.2 Å². The van der Waals surface area contributed by atoms with Gasteiger partial charge in [0.2, 0.25) is 11.7 Å². The van der Waals surface area contributed by atoms with Crippen molar-refractivity contribution in [1.82, 2.24) is 20.3 Å². The number of aliphatic hydroxyl groups is 3. The summed E-state index contributed by atoms with van der Waals surface area (Å²) in [6.45, 7) is 0.769. The predicted octanol–water partition coefficient (Wildman–Crippen LogP) is -0.0814. The molecule has 0 saturated carbocycles. The maximum Gasteiger partial charge on any atom is 0.416 e. The third kappa shape index (κ3) is 5.70. The van der Waals surface area contributed by atoms with Gasteiger partial charge in [-0.1, -0.05) is 17.3 Å². The Hall–Kier alpha value is -3.49. The van der Waals surface area contributed by atoms with Crippen molar-refractivity contribution in [1.29, 1.82) is 0 Å². The number of hydrogen-bond donors (Lipinski definition) is 5. The number of carbonyl (C=O) groups is 2. The van der Waals surface area contributed by atoms with Crippen LogP contribution in [0.2, 0.25) is 0 Å². The molecule has 1 aliphatic rings. The van der Waals surface area contributed by atoms with Crippen molar-refractivity contribution in [3.8, 4) is 11.3 Å². The van der Waals surface area contributed by atoms with E-state index in [2.05, 4.69) is 15.6 Å². The van der Waals surface area contributed by atoms with Crippen LogP contribution in [0.25, 0.3) is 11.3 Å². The Morgan fingerprint density at radius 2 is 1.88 bits per heavy atom. The lowest BCUT2D eigenvalue weighted by molar-refractivity contribution is -0.148. The molecule has 0 bridgehead atoms. The number of nitrogens with one attached hydrogen (secondary N) is 1. The molecule has 1 aliphatic heterocycles. The Kier molecular flexibility index (Phi) is 7.24. The van der Waals surface area contributed by atoms with Crippen molar-refractivity contribution in [2.75, 3.05) is 0 Å². The smallest absolute Gasteiger partial charge is 0.416 e. The zero-order valence-electron chi connectivity index (χ0n) is 17.5. The molecule has 11 nitrogen and oxygen atoms in total. The van der Waals surface area contributed by atoms with Crippen LogP contribution in [-0.2, 0) is 27.0 Å². The first-order valence-electron chi connectivity index (χ1n) is 9.87. The highest BCUT2D eigenvalue weighted by Crippen LogP contribution is 2.30. The lowest BCUT2D eigenvalue weighted by Crippen LogP contribution is -2.59. The topological polar surface area (TPSA) is 167 Å². The van der Waals surface area contributed by atoms with E-state index in [0.717, 1.165) is 29.8 Å². The molecule has 1 aromatic carbocycles. The third-order valence-electron chi connectivity index (χ3n) is 5.04. The highest BCUT2D eigenvalue weighted by molar-refractivity contribution is 5.84. The molecule has 184 valence electrons. The van der Waals surface area contributed by atoms with Crippen molar-refractivity contribution in [2.24, 2.45) is 0 Å². The average Bonchev–Trinajstić information content (AvgIpc) is 3.22. The fraction of sp³-hybridized carbons (Fsp3) is 0.400. The summed E-state index contributed by atoms with van der Waals surface area (Å²) in [7, 11) is 0. The van der Waals surface area contributed by atoms with Gasteiger partial charge in [0, 0.05) is 12.5 Å². The number of carbonyl (C=O) groups excluding carboxylic acids is 1. The molecule has 3 rings (SSSR count). The Labute approximate surface area is 190 Å². The van der Waals surface area contributed by atoms with Gasteiger partial charge in [-0.3, -0.25) is 4.79 Å². The van der Waals surface area contributed by atoms with Crippen LogP contribution in [0.1, 0.15) is 12.5 Å². The Morgan fingerprint density at radius 3 is 2.44 bits per heavy atom. The number of aliphatic hydroxyl groups excluding tert-OH is 3. The average molecular weight is 486 g/mol. The number of aliphatic carboxylic acids is 1. The Balaban J connectivity index is 1.74. The fourth-order valence-corrected chi connectivity index (χ4v) is 3.39. The number of rotatable bonds is 7. The van der Waals surface area contributed by atoms with Crippen LogP contribution in [0.5, 0.6) is 0 Å². The maximum absolute atomic E-state index is 12.7. The van der Waals surface area contributed by atoms with E-state index in [1.165, 1.54) is 18.3 Å². The Bertz CT molecular complexity index is 1070. The third-order valence-corrected chi connectivity index (χ3v) is 5.04. The minimum atomic E-state index is -4.49. The molecule has 2 heterocycles. The van der Waals surface area contributed by atoms with Crippen LogP contribution in [0, 0.1) is 0 Å². The molecule has 0 unspecified atom stereocenters. The molecule has 34 heavy (non-hydrogen) atoms. The number of hydrogen-bond acceptors (Lipinski definition) is 8. The molecule has 0 fully saturated rings. The quantitative estimate of drug-likeness (QED) is 0.360. The summed E-state index contributed by atoms with van der Waals surface area (Å²) in [6.07, 6.45) is -8.77. The van der Waals surface area contributed by atoms with Crippen molar-refractivity contribution in [3.63, 3.8) is 0 Å². The van der Waals surface area contributed by atoms with Gasteiger partial charge in [-0.2, -0.15) is 13.2 Å². The SMILES string of the molecule is CC(=O)N[C@H]1[C@H]([C@H](O)[C@H](O)Cn2cc(-c3ccc(C(F)(F)F)cc3)nn2)OC(C(=O)O)=C[C@@H]1O. The number of halogens is 3. The molecular formula is C20H21F3N4O7. The molecule has 2 aromatic rings. The zero-order valence-corrected chi connectivity index (χ0v) is 17.5.